The van der Waals surface area contributed by atoms with Crippen molar-refractivity contribution in [1.82, 2.24) is 9.97 Å². The Morgan fingerprint density at radius 1 is 1.11 bits per heavy atom. The van der Waals surface area contributed by atoms with Crippen molar-refractivity contribution in [2.75, 3.05) is 16.5 Å². The molecule has 0 atom stereocenters. The number of aromatic nitrogens is 2. The van der Waals surface area contributed by atoms with Crippen LogP contribution in [0.1, 0.15) is 21.8 Å². The second-order valence-electron chi connectivity index (χ2n) is 7.68. The molecule has 0 saturated carbocycles. The van der Waals surface area contributed by atoms with Gasteiger partial charge in [0.05, 0.1) is 24.7 Å². The van der Waals surface area contributed by atoms with Crippen LogP contribution in [-0.4, -0.2) is 30.5 Å². The Kier molecular flexibility index (Phi) is 7.13. The lowest BCUT2D eigenvalue weighted by atomic mass is 10.1. The second kappa shape index (κ2) is 10.2. The highest BCUT2D eigenvalue weighted by Gasteiger charge is 2.24. The van der Waals surface area contributed by atoms with E-state index in [-0.39, 0.29) is 30.3 Å². The summed E-state index contributed by atoms with van der Waals surface area (Å²) in [6.45, 7) is 0.448. The van der Waals surface area contributed by atoms with Crippen LogP contribution in [0, 0.1) is 5.82 Å². The van der Waals surface area contributed by atoms with Crippen molar-refractivity contribution in [1.29, 1.82) is 0 Å². The summed E-state index contributed by atoms with van der Waals surface area (Å²) in [6, 6.07) is 15.9. The van der Waals surface area contributed by atoms with Crippen LogP contribution >= 0.6 is 11.6 Å². The maximum absolute atomic E-state index is 13.4. The Morgan fingerprint density at radius 3 is 2.54 bits per heavy atom. The standard InChI is InChI=1S/C24H20ClFN4O4S/c1-35(32,33)24-27-13-21(22(29-24)23(31)28-19-5-2-4-17(25)12-19)30(15-20-6-3-11-34-20)14-16-7-9-18(26)10-8-16/h2-13H,14-15H2,1H3,(H,28,31). The summed E-state index contributed by atoms with van der Waals surface area (Å²) in [6.07, 6.45) is 3.75. The fourth-order valence-electron chi connectivity index (χ4n) is 3.32. The molecule has 0 saturated heterocycles. The molecule has 4 rings (SSSR count). The first-order chi connectivity index (χ1) is 16.7. The number of rotatable bonds is 8. The Labute approximate surface area is 206 Å². The normalized spacial score (nSPS) is 11.3. The molecule has 0 aliphatic rings. The molecule has 4 aromatic rings. The average Bonchev–Trinajstić information content (AvgIpc) is 3.32. The minimum atomic E-state index is -3.80. The van der Waals surface area contributed by atoms with Gasteiger partial charge in [0.1, 0.15) is 11.6 Å². The van der Waals surface area contributed by atoms with Crippen LogP contribution in [0.25, 0.3) is 0 Å². The lowest BCUT2D eigenvalue weighted by Crippen LogP contribution is -2.27. The number of hydrogen-bond donors (Lipinski definition) is 1. The molecule has 0 aliphatic heterocycles. The van der Waals surface area contributed by atoms with E-state index in [9.17, 15) is 17.6 Å². The van der Waals surface area contributed by atoms with Crippen LogP contribution in [0.3, 0.4) is 0 Å². The summed E-state index contributed by atoms with van der Waals surface area (Å²) in [5, 5.41) is 2.62. The SMILES string of the molecule is CS(=O)(=O)c1ncc(N(Cc2ccc(F)cc2)Cc2ccco2)c(C(=O)Nc2cccc(Cl)c2)n1. The summed E-state index contributed by atoms with van der Waals surface area (Å²) < 4.78 is 43.2. The van der Waals surface area contributed by atoms with Crippen molar-refractivity contribution in [3.8, 4) is 0 Å². The van der Waals surface area contributed by atoms with Gasteiger partial charge < -0.3 is 14.6 Å². The first-order valence-corrected chi connectivity index (χ1v) is 12.6. The lowest BCUT2D eigenvalue weighted by molar-refractivity contribution is 0.102. The number of halogens is 2. The molecule has 11 heteroatoms. The first-order valence-electron chi connectivity index (χ1n) is 10.3. The summed E-state index contributed by atoms with van der Waals surface area (Å²) >= 11 is 6.02. The highest BCUT2D eigenvalue weighted by atomic mass is 35.5. The summed E-state index contributed by atoms with van der Waals surface area (Å²) in [5.74, 6) is -0.451. The molecule has 2 heterocycles. The largest absolute Gasteiger partial charge is 0.467 e. The smallest absolute Gasteiger partial charge is 0.276 e. The summed E-state index contributed by atoms with van der Waals surface area (Å²) in [7, 11) is -3.80. The second-order valence-corrected chi connectivity index (χ2v) is 10.0. The van der Waals surface area contributed by atoms with Crippen LogP contribution in [-0.2, 0) is 22.9 Å². The van der Waals surface area contributed by atoms with E-state index in [0.29, 0.717) is 16.5 Å². The summed E-state index contributed by atoms with van der Waals surface area (Å²) in [4.78, 5) is 23.1. The van der Waals surface area contributed by atoms with Gasteiger partial charge >= 0.3 is 0 Å². The predicted molar refractivity (Wildman–Crippen MR) is 130 cm³/mol. The zero-order chi connectivity index (χ0) is 25.0. The van der Waals surface area contributed by atoms with E-state index in [1.807, 2.05) is 0 Å². The van der Waals surface area contributed by atoms with Gasteiger partial charge in [0, 0.05) is 23.5 Å². The van der Waals surface area contributed by atoms with Crippen LogP contribution in [0.5, 0.6) is 0 Å². The van der Waals surface area contributed by atoms with Gasteiger partial charge in [0.25, 0.3) is 5.91 Å². The number of furan rings is 1. The molecule has 2 aromatic carbocycles. The molecule has 180 valence electrons. The maximum Gasteiger partial charge on any atom is 0.276 e. The number of amides is 1. The highest BCUT2D eigenvalue weighted by molar-refractivity contribution is 7.90. The van der Waals surface area contributed by atoms with Crippen molar-refractivity contribution in [3.63, 3.8) is 0 Å². The van der Waals surface area contributed by atoms with E-state index in [1.54, 1.807) is 53.4 Å². The zero-order valence-electron chi connectivity index (χ0n) is 18.5. The Morgan fingerprint density at radius 2 is 1.89 bits per heavy atom. The number of sulfone groups is 1. The van der Waals surface area contributed by atoms with E-state index in [2.05, 4.69) is 15.3 Å². The minimum absolute atomic E-state index is 0.158. The van der Waals surface area contributed by atoms with Gasteiger partial charge in [-0.05, 0) is 48.0 Å². The Balaban J connectivity index is 1.78. The molecule has 1 N–H and O–H groups in total. The number of anilines is 2. The number of nitrogens with one attached hydrogen (secondary N) is 1. The van der Waals surface area contributed by atoms with Crippen molar-refractivity contribution in [2.45, 2.75) is 18.2 Å². The van der Waals surface area contributed by atoms with Crippen LogP contribution in [0.4, 0.5) is 15.8 Å². The molecule has 35 heavy (non-hydrogen) atoms. The van der Waals surface area contributed by atoms with Gasteiger partial charge in [-0.2, -0.15) is 0 Å². The monoisotopic (exact) mass is 514 g/mol. The average molecular weight is 515 g/mol. The third-order valence-corrected chi connectivity index (χ3v) is 6.03. The molecular weight excluding hydrogens is 495 g/mol. The molecule has 1 amide bonds. The van der Waals surface area contributed by atoms with Gasteiger partial charge in [0.2, 0.25) is 15.0 Å². The molecule has 0 aliphatic carbocycles. The number of carbonyl (C=O) groups is 1. The van der Waals surface area contributed by atoms with E-state index < -0.39 is 20.9 Å². The number of benzene rings is 2. The molecule has 0 spiro atoms. The first kappa shape index (κ1) is 24.4. The predicted octanol–water partition coefficient (Wildman–Crippen LogP) is 4.72. The van der Waals surface area contributed by atoms with Gasteiger partial charge in [0.15, 0.2) is 5.69 Å². The highest BCUT2D eigenvalue weighted by Crippen LogP contribution is 2.26. The third-order valence-electron chi connectivity index (χ3n) is 4.93. The van der Waals surface area contributed by atoms with Gasteiger partial charge in [-0.25, -0.2) is 22.8 Å². The molecule has 0 fully saturated rings. The maximum atomic E-state index is 13.4. The Hall–Kier alpha value is -3.76. The molecule has 8 nitrogen and oxygen atoms in total. The lowest BCUT2D eigenvalue weighted by Gasteiger charge is -2.25. The number of hydrogen-bond acceptors (Lipinski definition) is 7. The van der Waals surface area contributed by atoms with Crippen LogP contribution < -0.4 is 10.2 Å². The van der Waals surface area contributed by atoms with Gasteiger partial charge in [-0.1, -0.05) is 29.8 Å². The molecule has 2 aromatic heterocycles. The van der Waals surface area contributed by atoms with Crippen molar-refractivity contribution in [2.24, 2.45) is 0 Å². The minimum Gasteiger partial charge on any atom is -0.467 e. The quantitative estimate of drug-likeness (QED) is 0.339. The number of carbonyl (C=O) groups excluding carboxylic acids is 1. The summed E-state index contributed by atoms with van der Waals surface area (Å²) in [5.41, 5.74) is 1.25. The molecule has 0 radical (unpaired) electrons. The van der Waals surface area contributed by atoms with Crippen molar-refractivity contribution in [3.05, 3.63) is 101 Å². The molecule has 0 unspecified atom stereocenters. The van der Waals surface area contributed by atoms with Gasteiger partial charge in [-0.3, -0.25) is 4.79 Å². The van der Waals surface area contributed by atoms with E-state index in [4.69, 9.17) is 16.0 Å². The van der Waals surface area contributed by atoms with E-state index in [0.717, 1.165) is 11.8 Å². The number of nitrogens with zero attached hydrogens (tertiary/aromatic N) is 3. The van der Waals surface area contributed by atoms with Crippen LogP contribution in [0.2, 0.25) is 5.02 Å². The van der Waals surface area contributed by atoms with E-state index in [1.165, 1.54) is 24.6 Å². The van der Waals surface area contributed by atoms with Crippen molar-refractivity contribution < 1.29 is 22.0 Å². The Bertz CT molecular complexity index is 1440. The topological polar surface area (TPSA) is 105 Å². The third kappa shape index (κ3) is 6.23. The molecular formula is C24H20ClFN4O4S. The van der Waals surface area contributed by atoms with Crippen molar-refractivity contribution >= 4 is 38.7 Å². The fourth-order valence-corrected chi connectivity index (χ4v) is 4.01. The van der Waals surface area contributed by atoms with Crippen LogP contribution in [0.15, 0.2) is 82.7 Å². The fraction of sp³-hybridized carbons (Fsp3) is 0.125. The van der Waals surface area contributed by atoms with Gasteiger partial charge in [-0.15, -0.1) is 0 Å². The van der Waals surface area contributed by atoms with E-state index >= 15 is 0 Å². The molecule has 0 bridgehead atoms. The zero-order valence-corrected chi connectivity index (χ0v) is 20.1.